The maximum atomic E-state index is 10.3. The summed E-state index contributed by atoms with van der Waals surface area (Å²) >= 11 is 0. The molecule has 0 aliphatic carbocycles. The number of hydrogen-bond donors (Lipinski definition) is 0. The van der Waals surface area contributed by atoms with Gasteiger partial charge in [-0.1, -0.05) is 30.3 Å². The Morgan fingerprint density at radius 3 is 2.72 bits per heavy atom. The molecule has 0 atom stereocenters. The van der Waals surface area contributed by atoms with Gasteiger partial charge in [0.1, 0.15) is 6.29 Å². The fourth-order valence-electron chi connectivity index (χ4n) is 2.21. The van der Waals surface area contributed by atoms with E-state index >= 15 is 0 Å². The van der Waals surface area contributed by atoms with Gasteiger partial charge in [-0.25, -0.2) is 0 Å². The molecule has 0 unspecified atom stereocenters. The molecule has 0 radical (unpaired) electrons. The second kappa shape index (κ2) is 6.47. The zero-order valence-electron chi connectivity index (χ0n) is 10.9. The molecule has 1 fully saturated rings. The molecular formula is C15H20N2O. The number of likely N-dealkylation sites (N-methyl/N-ethyl adjacent to an activating group) is 1. The van der Waals surface area contributed by atoms with E-state index in [1.165, 1.54) is 11.6 Å². The molecule has 0 bridgehead atoms. The highest BCUT2D eigenvalue weighted by atomic mass is 16.1. The first-order valence-electron chi connectivity index (χ1n) is 6.39. The third kappa shape index (κ3) is 3.79. The second-order valence-corrected chi connectivity index (χ2v) is 4.82. The van der Waals surface area contributed by atoms with Crippen molar-refractivity contribution >= 4 is 12.4 Å². The summed E-state index contributed by atoms with van der Waals surface area (Å²) in [5, 5.41) is 0. The monoisotopic (exact) mass is 244 g/mol. The third-order valence-corrected chi connectivity index (χ3v) is 3.32. The number of aldehydes is 1. The van der Waals surface area contributed by atoms with Gasteiger partial charge in [0.15, 0.2) is 0 Å². The van der Waals surface area contributed by atoms with Gasteiger partial charge in [0.2, 0.25) is 0 Å². The minimum absolute atomic E-state index is 0.813. The Morgan fingerprint density at radius 1 is 1.22 bits per heavy atom. The minimum Gasteiger partial charge on any atom is -0.304 e. The van der Waals surface area contributed by atoms with E-state index in [0.717, 1.165) is 44.6 Å². The Bertz CT molecular complexity index is 420. The van der Waals surface area contributed by atoms with Crippen molar-refractivity contribution in [2.75, 3.05) is 33.2 Å². The highest BCUT2D eigenvalue weighted by Crippen LogP contribution is 2.11. The van der Waals surface area contributed by atoms with Crippen LogP contribution >= 0.6 is 0 Å². The summed E-state index contributed by atoms with van der Waals surface area (Å²) in [6.45, 7) is 5.54. The van der Waals surface area contributed by atoms with Crippen LogP contribution in [-0.4, -0.2) is 49.3 Å². The summed E-state index contributed by atoms with van der Waals surface area (Å²) in [4.78, 5) is 15.1. The molecule has 1 aromatic rings. The number of carbonyl (C=O) groups excluding carboxylic acids is 1. The lowest BCUT2D eigenvalue weighted by Gasteiger charge is -2.32. The molecule has 2 rings (SSSR count). The SMILES string of the molecule is CN1CCN(Cc2cccc(C=CC=O)c2)CC1. The number of nitrogens with zero attached hydrogens (tertiary/aromatic N) is 2. The number of benzene rings is 1. The van der Waals surface area contributed by atoms with E-state index < -0.39 is 0 Å². The third-order valence-electron chi connectivity index (χ3n) is 3.32. The standard InChI is InChI=1S/C15H20N2O/c1-16-7-9-17(10-8-16)13-15-5-2-4-14(12-15)6-3-11-18/h2-6,11-12H,7-10,13H2,1H3. The van der Waals surface area contributed by atoms with Gasteiger partial charge in [0, 0.05) is 32.7 Å². The predicted octanol–water partition coefficient (Wildman–Crippen LogP) is 1.65. The van der Waals surface area contributed by atoms with Crippen molar-refractivity contribution in [1.82, 2.24) is 9.80 Å². The Morgan fingerprint density at radius 2 is 2.00 bits per heavy atom. The number of piperazine rings is 1. The van der Waals surface area contributed by atoms with E-state index in [2.05, 4.69) is 35.0 Å². The number of carbonyl (C=O) groups is 1. The van der Waals surface area contributed by atoms with Crippen molar-refractivity contribution in [3.63, 3.8) is 0 Å². The van der Waals surface area contributed by atoms with Gasteiger partial charge in [-0.05, 0) is 24.3 Å². The van der Waals surface area contributed by atoms with E-state index in [0.29, 0.717) is 0 Å². The topological polar surface area (TPSA) is 23.6 Å². The van der Waals surface area contributed by atoms with Crippen LogP contribution in [-0.2, 0) is 11.3 Å². The Balaban J connectivity index is 1.96. The molecule has 0 saturated carbocycles. The highest BCUT2D eigenvalue weighted by Gasteiger charge is 2.13. The summed E-state index contributed by atoms with van der Waals surface area (Å²) in [6, 6.07) is 8.37. The quantitative estimate of drug-likeness (QED) is 0.594. The molecule has 1 saturated heterocycles. The van der Waals surface area contributed by atoms with Crippen molar-refractivity contribution in [1.29, 1.82) is 0 Å². The van der Waals surface area contributed by atoms with Crippen LogP contribution in [0.3, 0.4) is 0 Å². The molecule has 0 spiro atoms. The van der Waals surface area contributed by atoms with Crippen molar-refractivity contribution < 1.29 is 4.79 Å². The number of hydrogen-bond acceptors (Lipinski definition) is 3. The smallest absolute Gasteiger partial charge is 0.142 e. The van der Waals surface area contributed by atoms with Gasteiger partial charge in [-0.2, -0.15) is 0 Å². The Kier molecular flexibility index (Phi) is 4.67. The Hall–Kier alpha value is -1.45. The molecule has 1 heterocycles. The lowest BCUT2D eigenvalue weighted by molar-refractivity contribution is -0.104. The van der Waals surface area contributed by atoms with E-state index in [-0.39, 0.29) is 0 Å². The molecular weight excluding hydrogens is 224 g/mol. The van der Waals surface area contributed by atoms with Crippen LogP contribution in [0, 0.1) is 0 Å². The Labute approximate surface area is 109 Å². The molecule has 18 heavy (non-hydrogen) atoms. The molecule has 0 N–H and O–H groups in total. The predicted molar refractivity (Wildman–Crippen MR) is 74.3 cm³/mol. The molecule has 3 heteroatoms. The molecule has 0 amide bonds. The fraction of sp³-hybridized carbons (Fsp3) is 0.400. The van der Waals surface area contributed by atoms with Crippen molar-refractivity contribution in [3.8, 4) is 0 Å². The number of allylic oxidation sites excluding steroid dienone is 1. The molecule has 1 aliphatic rings. The van der Waals surface area contributed by atoms with Crippen LogP contribution in [0.25, 0.3) is 6.08 Å². The largest absolute Gasteiger partial charge is 0.304 e. The first-order valence-corrected chi connectivity index (χ1v) is 6.39. The van der Waals surface area contributed by atoms with Gasteiger partial charge < -0.3 is 4.90 Å². The van der Waals surface area contributed by atoms with Gasteiger partial charge in [0.05, 0.1) is 0 Å². The zero-order chi connectivity index (χ0) is 12.8. The molecule has 1 aromatic carbocycles. The number of rotatable bonds is 4. The van der Waals surface area contributed by atoms with E-state index in [1.54, 1.807) is 0 Å². The first-order chi connectivity index (χ1) is 8.78. The van der Waals surface area contributed by atoms with Crippen LogP contribution in [0.2, 0.25) is 0 Å². The van der Waals surface area contributed by atoms with Crippen LogP contribution in [0.1, 0.15) is 11.1 Å². The second-order valence-electron chi connectivity index (χ2n) is 4.82. The van der Waals surface area contributed by atoms with Crippen LogP contribution < -0.4 is 0 Å². The van der Waals surface area contributed by atoms with E-state index in [9.17, 15) is 4.79 Å². The van der Waals surface area contributed by atoms with Gasteiger partial charge in [-0.3, -0.25) is 9.69 Å². The average molecular weight is 244 g/mol. The zero-order valence-corrected chi connectivity index (χ0v) is 10.9. The summed E-state index contributed by atoms with van der Waals surface area (Å²) in [7, 11) is 2.17. The maximum absolute atomic E-state index is 10.3. The van der Waals surface area contributed by atoms with Crippen molar-refractivity contribution in [3.05, 3.63) is 41.5 Å². The molecule has 3 nitrogen and oxygen atoms in total. The van der Waals surface area contributed by atoms with E-state index in [1.807, 2.05) is 12.1 Å². The van der Waals surface area contributed by atoms with Crippen molar-refractivity contribution in [2.24, 2.45) is 0 Å². The lowest BCUT2D eigenvalue weighted by atomic mass is 10.1. The minimum atomic E-state index is 0.813. The normalized spacial score (nSPS) is 18.3. The van der Waals surface area contributed by atoms with Gasteiger partial charge in [-0.15, -0.1) is 0 Å². The summed E-state index contributed by atoms with van der Waals surface area (Å²) in [6.07, 6.45) is 4.20. The lowest BCUT2D eigenvalue weighted by Crippen LogP contribution is -2.43. The summed E-state index contributed by atoms with van der Waals surface area (Å²) < 4.78 is 0. The summed E-state index contributed by atoms with van der Waals surface area (Å²) in [5.74, 6) is 0. The van der Waals surface area contributed by atoms with Gasteiger partial charge in [0.25, 0.3) is 0 Å². The average Bonchev–Trinajstić information content (AvgIpc) is 2.40. The van der Waals surface area contributed by atoms with Crippen molar-refractivity contribution in [2.45, 2.75) is 6.54 Å². The first kappa shape index (κ1) is 13.0. The summed E-state index contributed by atoms with van der Waals surface area (Å²) in [5.41, 5.74) is 2.40. The fourth-order valence-corrected chi connectivity index (χ4v) is 2.21. The van der Waals surface area contributed by atoms with Crippen LogP contribution in [0.4, 0.5) is 0 Å². The van der Waals surface area contributed by atoms with Crippen LogP contribution in [0.15, 0.2) is 30.3 Å². The molecule has 1 aliphatic heterocycles. The van der Waals surface area contributed by atoms with Gasteiger partial charge >= 0.3 is 0 Å². The van der Waals surface area contributed by atoms with Crippen LogP contribution in [0.5, 0.6) is 0 Å². The highest BCUT2D eigenvalue weighted by molar-refractivity contribution is 5.73. The maximum Gasteiger partial charge on any atom is 0.142 e. The molecule has 96 valence electrons. The molecule has 0 aromatic heterocycles. The van der Waals surface area contributed by atoms with E-state index in [4.69, 9.17) is 0 Å².